The highest BCUT2D eigenvalue weighted by Crippen LogP contribution is 2.31. The number of ether oxygens (including phenoxy) is 1. The first kappa shape index (κ1) is 19.2. The fourth-order valence-corrected chi connectivity index (χ4v) is 4.45. The number of likely N-dealkylation sites (N-methyl/N-ethyl adjacent to an activating group) is 1. The van der Waals surface area contributed by atoms with Crippen molar-refractivity contribution < 1.29 is 9.53 Å². The molecule has 0 saturated carbocycles. The summed E-state index contributed by atoms with van der Waals surface area (Å²) >= 11 is 8.36. The van der Waals surface area contributed by atoms with Gasteiger partial charge in [-0.3, -0.25) is 14.7 Å². The van der Waals surface area contributed by atoms with Crippen molar-refractivity contribution in [2.24, 2.45) is 4.99 Å². The van der Waals surface area contributed by atoms with Crippen LogP contribution in [-0.2, 0) is 11.4 Å². The van der Waals surface area contributed by atoms with Crippen LogP contribution in [0.1, 0.15) is 11.1 Å². The van der Waals surface area contributed by atoms with Gasteiger partial charge in [0.1, 0.15) is 12.4 Å². The fourth-order valence-electron chi connectivity index (χ4n) is 2.36. The molecule has 7 heteroatoms. The molecule has 26 heavy (non-hydrogen) atoms. The van der Waals surface area contributed by atoms with E-state index in [-0.39, 0.29) is 5.91 Å². The Bertz CT molecular complexity index is 895. The molecule has 1 heterocycles. The third-order valence-corrected chi connectivity index (χ3v) is 6.17. The summed E-state index contributed by atoms with van der Waals surface area (Å²) in [7, 11) is 3.42. The van der Waals surface area contributed by atoms with E-state index < -0.39 is 0 Å². The molecule has 0 radical (unpaired) electrons. The second-order valence-electron chi connectivity index (χ2n) is 5.57. The van der Waals surface area contributed by atoms with Gasteiger partial charge in [-0.25, -0.2) is 0 Å². The molecule has 2 aromatic carbocycles. The summed E-state index contributed by atoms with van der Waals surface area (Å²) in [6, 6.07) is 13.7. The lowest BCUT2D eigenvalue weighted by Gasteiger charge is -2.08. The Morgan fingerprint density at radius 1 is 1.19 bits per heavy atom. The first-order valence-corrected chi connectivity index (χ1v) is 10.2. The van der Waals surface area contributed by atoms with E-state index >= 15 is 0 Å². The quantitative estimate of drug-likeness (QED) is 0.539. The molecular weight excluding hydrogens is 480 g/mol. The first-order valence-electron chi connectivity index (χ1n) is 7.79. The molecule has 1 aliphatic heterocycles. The number of hydrogen-bond acceptors (Lipinski definition) is 4. The maximum Gasteiger partial charge on any atom is 0.266 e. The summed E-state index contributed by atoms with van der Waals surface area (Å²) in [6.07, 6.45) is 1.87. The van der Waals surface area contributed by atoms with Gasteiger partial charge in [0.15, 0.2) is 5.17 Å². The molecule has 4 nitrogen and oxygen atoms in total. The summed E-state index contributed by atoms with van der Waals surface area (Å²) in [5.74, 6) is 0.747. The number of amidine groups is 1. The number of benzene rings is 2. The van der Waals surface area contributed by atoms with E-state index in [1.165, 1.54) is 11.8 Å². The van der Waals surface area contributed by atoms with Crippen LogP contribution in [0.25, 0.3) is 6.08 Å². The van der Waals surface area contributed by atoms with Gasteiger partial charge >= 0.3 is 0 Å². The number of rotatable bonds is 4. The summed E-state index contributed by atoms with van der Waals surface area (Å²) in [6.45, 7) is 0.476. The predicted octanol–water partition coefficient (Wildman–Crippen LogP) is 5.32. The lowest BCUT2D eigenvalue weighted by molar-refractivity contribution is -0.121. The SMILES string of the molecule is CN=C1S/C(=C\c2ccc(OCc3ccc(Br)cc3Br)cc2)C(=O)N1C. The van der Waals surface area contributed by atoms with E-state index in [1.807, 2.05) is 48.5 Å². The van der Waals surface area contributed by atoms with Crippen LogP contribution in [0.3, 0.4) is 0 Å². The zero-order valence-corrected chi connectivity index (χ0v) is 18.2. The third kappa shape index (κ3) is 4.39. The van der Waals surface area contributed by atoms with Crippen molar-refractivity contribution in [2.75, 3.05) is 14.1 Å². The molecule has 1 saturated heterocycles. The molecule has 1 fully saturated rings. The van der Waals surface area contributed by atoms with Gasteiger partial charge in [-0.2, -0.15) is 0 Å². The fraction of sp³-hybridized carbons (Fsp3) is 0.158. The molecule has 0 aromatic heterocycles. The monoisotopic (exact) mass is 494 g/mol. The van der Waals surface area contributed by atoms with Crippen LogP contribution in [0.2, 0.25) is 0 Å². The van der Waals surface area contributed by atoms with E-state index in [0.717, 1.165) is 25.8 Å². The van der Waals surface area contributed by atoms with Crippen molar-refractivity contribution in [1.29, 1.82) is 0 Å². The number of aliphatic imine (C=N–C) groups is 1. The van der Waals surface area contributed by atoms with Gasteiger partial charge in [0.2, 0.25) is 0 Å². The van der Waals surface area contributed by atoms with E-state index in [9.17, 15) is 4.79 Å². The summed E-state index contributed by atoms with van der Waals surface area (Å²) in [5.41, 5.74) is 2.02. The largest absolute Gasteiger partial charge is 0.489 e. The lowest BCUT2D eigenvalue weighted by atomic mass is 10.2. The van der Waals surface area contributed by atoms with E-state index in [0.29, 0.717) is 16.7 Å². The van der Waals surface area contributed by atoms with Gasteiger partial charge in [-0.05, 0) is 47.7 Å². The molecule has 0 unspecified atom stereocenters. The Labute approximate surface area is 173 Å². The average molecular weight is 496 g/mol. The highest BCUT2D eigenvalue weighted by Gasteiger charge is 2.29. The van der Waals surface area contributed by atoms with Crippen LogP contribution >= 0.6 is 43.6 Å². The Balaban J connectivity index is 1.67. The molecule has 1 aliphatic rings. The second-order valence-corrected chi connectivity index (χ2v) is 8.35. The number of nitrogens with zero attached hydrogens (tertiary/aromatic N) is 2. The minimum Gasteiger partial charge on any atom is -0.489 e. The molecule has 0 spiro atoms. The zero-order chi connectivity index (χ0) is 18.7. The Morgan fingerprint density at radius 2 is 1.92 bits per heavy atom. The number of amides is 1. The third-order valence-electron chi connectivity index (χ3n) is 3.78. The van der Waals surface area contributed by atoms with Crippen LogP contribution in [0.15, 0.2) is 61.3 Å². The summed E-state index contributed by atoms with van der Waals surface area (Å²) in [5, 5.41) is 0.710. The average Bonchev–Trinajstić information content (AvgIpc) is 2.90. The maximum atomic E-state index is 12.2. The Morgan fingerprint density at radius 3 is 2.54 bits per heavy atom. The number of thioether (sulfide) groups is 1. The smallest absolute Gasteiger partial charge is 0.266 e. The van der Waals surface area contributed by atoms with Crippen molar-refractivity contribution in [1.82, 2.24) is 4.90 Å². The topological polar surface area (TPSA) is 41.9 Å². The van der Waals surface area contributed by atoms with E-state index in [2.05, 4.69) is 36.9 Å². The van der Waals surface area contributed by atoms with Crippen molar-refractivity contribution in [3.8, 4) is 5.75 Å². The maximum absolute atomic E-state index is 12.2. The van der Waals surface area contributed by atoms with Crippen LogP contribution in [-0.4, -0.2) is 30.1 Å². The van der Waals surface area contributed by atoms with Crippen molar-refractivity contribution in [3.63, 3.8) is 0 Å². The summed E-state index contributed by atoms with van der Waals surface area (Å²) in [4.78, 5) is 18.5. The Hall–Kier alpha value is -1.57. The van der Waals surface area contributed by atoms with Crippen molar-refractivity contribution in [2.45, 2.75) is 6.61 Å². The van der Waals surface area contributed by atoms with Gasteiger partial charge in [-0.15, -0.1) is 0 Å². The van der Waals surface area contributed by atoms with Crippen molar-refractivity contribution in [3.05, 3.63) is 67.4 Å². The summed E-state index contributed by atoms with van der Waals surface area (Å²) < 4.78 is 7.87. The van der Waals surface area contributed by atoms with Gasteiger partial charge in [0.05, 0.1) is 4.91 Å². The highest BCUT2D eigenvalue weighted by atomic mass is 79.9. The van der Waals surface area contributed by atoms with E-state index in [1.54, 1.807) is 19.0 Å². The van der Waals surface area contributed by atoms with Crippen molar-refractivity contribution >= 4 is 60.8 Å². The minimum atomic E-state index is -0.0315. The minimum absolute atomic E-state index is 0.0315. The lowest BCUT2D eigenvalue weighted by Crippen LogP contribution is -2.23. The Kier molecular flexibility index (Phi) is 6.21. The second kappa shape index (κ2) is 8.41. The number of carbonyl (C=O) groups is 1. The zero-order valence-electron chi connectivity index (χ0n) is 14.2. The molecule has 1 amide bonds. The number of hydrogen-bond donors (Lipinski definition) is 0. The molecule has 3 rings (SSSR count). The predicted molar refractivity (Wildman–Crippen MR) is 114 cm³/mol. The number of carbonyl (C=O) groups excluding carboxylic acids is 1. The van der Waals surface area contributed by atoms with Crippen LogP contribution < -0.4 is 4.74 Å². The van der Waals surface area contributed by atoms with Crippen LogP contribution in [0, 0.1) is 0 Å². The standard InChI is InChI=1S/C19H16Br2N2O2S/c1-22-19-23(2)18(24)17(26-19)9-12-3-7-15(8-4-12)25-11-13-5-6-14(20)10-16(13)21/h3-10H,11H2,1-2H3/b17-9-,22-19?. The molecule has 134 valence electrons. The molecule has 2 aromatic rings. The normalized spacial score (nSPS) is 17.4. The molecule has 0 bridgehead atoms. The molecule has 0 N–H and O–H groups in total. The molecule has 0 atom stereocenters. The highest BCUT2D eigenvalue weighted by molar-refractivity contribution is 9.11. The first-order chi connectivity index (χ1) is 12.5. The van der Waals surface area contributed by atoms with E-state index in [4.69, 9.17) is 4.74 Å². The van der Waals surface area contributed by atoms with Gasteiger partial charge in [-0.1, -0.05) is 50.1 Å². The van der Waals surface area contributed by atoms with Gasteiger partial charge in [0.25, 0.3) is 5.91 Å². The van der Waals surface area contributed by atoms with Gasteiger partial charge in [0, 0.05) is 28.6 Å². The number of halogens is 2. The van der Waals surface area contributed by atoms with Crippen LogP contribution in [0.5, 0.6) is 5.75 Å². The van der Waals surface area contributed by atoms with Gasteiger partial charge < -0.3 is 4.74 Å². The van der Waals surface area contributed by atoms with Crippen LogP contribution in [0.4, 0.5) is 0 Å². The molecule has 0 aliphatic carbocycles. The molecular formula is C19H16Br2N2O2S.